The lowest BCUT2D eigenvalue weighted by molar-refractivity contribution is -0.191. The number of carbonyl (C=O) groups excluding carboxylic acids is 1. The first-order chi connectivity index (χ1) is 8.22. The van der Waals surface area contributed by atoms with Gasteiger partial charge in [-0.15, -0.1) is 0 Å². The second kappa shape index (κ2) is 5.29. The minimum Gasteiger partial charge on any atom is -0.353 e. The summed E-state index contributed by atoms with van der Waals surface area (Å²) in [5.74, 6) is -0.0783. The summed E-state index contributed by atoms with van der Waals surface area (Å²) in [6, 6.07) is 9.73. The van der Waals surface area contributed by atoms with Gasteiger partial charge in [-0.2, -0.15) is 0 Å². The number of benzene rings is 1. The van der Waals surface area contributed by atoms with Crippen molar-refractivity contribution in [2.24, 2.45) is 0 Å². The van der Waals surface area contributed by atoms with Gasteiger partial charge >= 0.3 is 0 Å². The van der Waals surface area contributed by atoms with Crippen LogP contribution in [-0.2, 0) is 14.3 Å². The van der Waals surface area contributed by atoms with E-state index in [2.05, 4.69) is 5.32 Å². The second-order valence-electron chi connectivity index (χ2n) is 3.98. The quantitative estimate of drug-likeness (QED) is 0.623. The zero-order chi connectivity index (χ0) is 12.3. The maximum Gasteiger partial charge on any atom is 0.252 e. The number of hydrogen-bond donors (Lipinski definition) is 1. The number of carbonyl (C=O) groups is 1. The van der Waals surface area contributed by atoms with E-state index in [0.29, 0.717) is 6.61 Å². The summed E-state index contributed by atoms with van der Waals surface area (Å²) in [5, 5.41) is 2.84. The van der Waals surface area contributed by atoms with Crippen LogP contribution in [0.5, 0.6) is 0 Å². The van der Waals surface area contributed by atoms with E-state index in [4.69, 9.17) is 9.47 Å². The van der Waals surface area contributed by atoms with Crippen LogP contribution < -0.4 is 5.32 Å². The van der Waals surface area contributed by atoms with Crippen molar-refractivity contribution in [1.29, 1.82) is 0 Å². The summed E-state index contributed by atoms with van der Waals surface area (Å²) in [6.45, 7) is 4.28. The Balaban J connectivity index is 1.99. The standard InChI is InChI=1S/C13H17NO3/c1-3-16-9(2)17-12-11(14-13(12)15)10-7-5-4-6-8-10/h4-9,11-12H,3H2,1-2H3,(H,14,15)/t9?,11-,12+/m0/s1. The first kappa shape index (κ1) is 12.1. The first-order valence-corrected chi connectivity index (χ1v) is 5.84. The third kappa shape index (κ3) is 2.65. The summed E-state index contributed by atoms with van der Waals surface area (Å²) >= 11 is 0. The highest BCUT2D eigenvalue weighted by Crippen LogP contribution is 2.27. The third-order valence-electron chi connectivity index (χ3n) is 2.76. The Morgan fingerprint density at radius 2 is 2.06 bits per heavy atom. The molecule has 1 heterocycles. The second-order valence-corrected chi connectivity index (χ2v) is 3.98. The summed E-state index contributed by atoms with van der Waals surface area (Å²) in [4.78, 5) is 11.5. The minimum atomic E-state index is -0.445. The van der Waals surface area contributed by atoms with Crippen molar-refractivity contribution in [3.63, 3.8) is 0 Å². The van der Waals surface area contributed by atoms with Gasteiger partial charge in [-0.3, -0.25) is 4.79 Å². The number of nitrogens with one attached hydrogen (secondary N) is 1. The average molecular weight is 235 g/mol. The van der Waals surface area contributed by atoms with Crippen LogP contribution in [0.3, 0.4) is 0 Å². The van der Waals surface area contributed by atoms with Crippen molar-refractivity contribution in [2.75, 3.05) is 6.61 Å². The lowest BCUT2D eigenvalue weighted by Gasteiger charge is -2.38. The smallest absolute Gasteiger partial charge is 0.252 e. The minimum absolute atomic E-state index is 0.0633. The Kier molecular flexibility index (Phi) is 3.76. The average Bonchev–Trinajstić information content (AvgIpc) is 2.34. The summed E-state index contributed by atoms with van der Waals surface area (Å²) in [5.41, 5.74) is 1.06. The molecule has 0 saturated carbocycles. The van der Waals surface area contributed by atoms with Crippen molar-refractivity contribution in [3.8, 4) is 0 Å². The Labute approximate surface area is 101 Å². The molecular formula is C13H17NO3. The molecule has 0 radical (unpaired) electrons. The Morgan fingerprint density at radius 1 is 1.35 bits per heavy atom. The van der Waals surface area contributed by atoms with Crippen LogP contribution in [0.15, 0.2) is 30.3 Å². The molecule has 1 amide bonds. The number of β-lactam (4-membered cyclic amide) rings is 1. The van der Waals surface area contributed by atoms with Crippen LogP contribution in [0.4, 0.5) is 0 Å². The topological polar surface area (TPSA) is 47.6 Å². The number of amides is 1. The predicted molar refractivity (Wildman–Crippen MR) is 63.3 cm³/mol. The van der Waals surface area contributed by atoms with Crippen LogP contribution >= 0.6 is 0 Å². The lowest BCUT2D eigenvalue weighted by Crippen LogP contribution is -2.58. The molecule has 3 atom stereocenters. The first-order valence-electron chi connectivity index (χ1n) is 5.84. The van der Waals surface area contributed by atoms with Gasteiger partial charge < -0.3 is 14.8 Å². The van der Waals surface area contributed by atoms with Crippen molar-refractivity contribution >= 4 is 5.91 Å². The van der Waals surface area contributed by atoms with Crippen LogP contribution in [0.2, 0.25) is 0 Å². The lowest BCUT2D eigenvalue weighted by atomic mass is 9.94. The Morgan fingerprint density at radius 3 is 2.65 bits per heavy atom. The largest absolute Gasteiger partial charge is 0.353 e. The van der Waals surface area contributed by atoms with E-state index in [9.17, 15) is 4.79 Å². The number of hydrogen-bond acceptors (Lipinski definition) is 3. The molecule has 1 aromatic carbocycles. The molecule has 4 heteroatoms. The molecular weight excluding hydrogens is 218 g/mol. The van der Waals surface area contributed by atoms with E-state index in [1.165, 1.54) is 0 Å². The molecule has 0 bridgehead atoms. The molecule has 4 nitrogen and oxygen atoms in total. The summed E-state index contributed by atoms with van der Waals surface area (Å²) < 4.78 is 10.9. The fraction of sp³-hybridized carbons (Fsp3) is 0.462. The molecule has 0 aromatic heterocycles. The van der Waals surface area contributed by atoms with Gasteiger partial charge in [0.1, 0.15) is 0 Å². The molecule has 1 fully saturated rings. The van der Waals surface area contributed by atoms with Crippen LogP contribution in [0.1, 0.15) is 25.5 Å². The molecule has 1 aromatic rings. The van der Waals surface area contributed by atoms with E-state index >= 15 is 0 Å². The molecule has 1 saturated heterocycles. The number of rotatable bonds is 5. The van der Waals surface area contributed by atoms with E-state index in [0.717, 1.165) is 5.56 Å². The van der Waals surface area contributed by atoms with Gasteiger partial charge in [0.25, 0.3) is 5.91 Å². The molecule has 1 N–H and O–H groups in total. The van der Waals surface area contributed by atoms with Gasteiger partial charge in [0.05, 0.1) is 6.04 Å². The molecule has 0 aliphatic carbocycles. The Bertz CT molecular complexity index is 380. The molecule has 1 unspecified atom stereocenters. The predicted octanol–water partition coefficient (Wildman–Crippen LogP) is 1.63. The normalized spacial score (nSPS) is 24.9. The maximum atomic E-state index is 11.5. The van der Waals surface area contributed by atoms with Crippen LogP contribution in [-0.4, -0.2) is 24.9 Å². The van der Waals surface area contributed by atoms with Crippen molar-refractivity contribution in [1.82, 2.24) is 5.32 Å². The van der Waals surface area contributed by atoms with Gasteiger partial charge in [-0.1, -0.05) is 30.3 Å². The van der Waals surface area contributed by atoms with Crippen LogP contribution in [0, 0.1) is 0 Å². The summed E-state index contributed by atoms with van der Waals surface area (Å²) in [7, 11) is 0. The highest BCUT2D eigenvalue weighted by Gasteiger charge is 2.42. The highest BCUT2D eigenvalue weighted by atomic mass is 16.7. The van der Waals surface area contributed by atoms with Crippen molar-refractivity contribution in [3.05, 3.63) is 35.9 Å². The zero-order valence-electron chi connectivity index (χ0n) is 10.1. The molecule has 2 rings (SSSR count). The third-order valence-corrected chi connectivity index (χ3v) is 2.76. The van der Waals surface area contributed by atoms with Gasteiger partial charge in [0.15, 0.2) is 12.4 Å². The van der Waals surface area contributed by atoms with E-state index < -0.39 is 6.10 Å². The van der Waals surface area contributed by atoms with E-state index in [-0.39, 0.29) is 18.2 Å². The van der Waals surface area contributed by atoms with Gasteiger partial charge in [0.2, 0.25) is 0 Å². The van der Waals surface area contributed by atoms with Crippen molar-refractivity contribution < 1.29 is 14.3 Å². The van der Waals surface area contributed by atoms with Gasteiger partial charge in [-0.05, 0) is 19.4 Å². The molecule has 1 aliphatic heterocycles. The van der Waals surface area contributed by atoms with E-state index in [1.807, 2.05) is 37.3 Å². The molecule has 92 valence electrons. The maximum absolute atomic E-state index is 11.5. The molecule has 17 heavy (non-hydrogen) atoms. The van der Waals surface area contributed by atoms with Gasteiger partial charge in [0, 0.05) is 6.61 Å². The van der Waals surface area contributed by atoms with Crippen LogP contribution in [0.25, 0.3) is 0 Å². The van der Waals surface area contributed by atoms with E-state index in [1.54, 1.807) is 6.92 Å². The fourth-order valence-electron chi connectivity index (χ4n) is 1.91. The zero-order valence-corrected chi connectivity index (χ0v) is 10.1. The fourth-order valence-corrected chi connectivity index (χ4v) is 1.91. The molecule has 1 aliphatic rings. The highest BCUT2D eigenvalue weighted by molar-refractivity contribution is 5.88. The monoisotopic (exact) mass is 235 g/mol. The molecule has 0 spiro atoms. The van der Waals surface area contributed by atoms with Crippen molar-refractivity contribution in [2.45, 2.75) is 32.3 Å². The number of ether oxygens (including phenoxy) is 2. The van der Waals surface area contributed by atoms with Gasteiger partial charge in [-0.25, -0.2) is 0 Å². The SMILES string of the molecule is CCOC(C)O[C@H]1C(=O)N[C@H]1c1ccccc1. The summed E-state index contributed by atoms with van der Waals surface area (Å²) in [6.07, 6.45) is -0.804. The Hall–Kier alpha value is -1.39.